The van der Waals surface area contributed by atoms with Crippen LogP contribution >= 0.6 is 0 Å². The molecule has 0 bridgehead atoms. The van der Waals surface area contributed by atoms with Crippen molar-refractivity contribution in [1.29, 1.82) is 0 Å². The first-order valence-corrected chi connectivity index (χ1v) is 9.05. The molecule has 3 aromatic rings. The number of benzene rings is 1. The Morgan fingerprint density at radius 2 is 1.86 bits per heavy atom. The quantitative estimate of drug-likeness (QED) is 0.681. The Balaban J connectivity index is 2.04. The van der Waals surface area contributed by atoms with E-state index in [0.29, 0.717) is 17.8 Å². The molecule has 0 atom stereocenters. The number of halogens is 1. The first kappa shape index (κ1) is 19.5. The summed E-state index contributed by atoms with van der Waals surface area (Å²) in [7, 11) is 1.86. The summed E-state index contributed by atoms with van der Waals surface area (Å²) in [6.07, 6.45) is 5.08. The lowest BCUT2D eigenvalue weighted by molar-refractivity contribution is 0.0680. The van der Waals surface area contributed by atoms with E-state index in [1.165, 1.54) is 28.8 Å². The van der Waals surface area contributed by atoms with E-state index in [0.717, 1.165) is 5.82 Å². The van der Waals surface area contributed by atoms with E-state index < -0.39 is 5.56 Å². The van der Waals surface area contributed by atoms with Gasteiger partial charge in [0.05, 0.1) is 6.54 Å². The zero-order valence-electron chi connectivity index (χ0n) is 16.4. The van der Waals surface area contributed by atoms with Gasteiger partial charge in [0.2, 0.25) is 0 Å². The molecule has 0 N–H and O–H groups in total. The largest absolute Gasteiger partial charge is 0.337 e. The number of hydrogen-bond donors (Lipinski definition) is 0. The number of aromatic nitrogens is 3. The van der Waals surface area contributed by atoms with Gasteiger partial charge in [-0.15, -0.1) is 0 Å². The zero-order chi connectivity index (χ0) is 20.4. The number of nitrogens with zero attached hydrogens (tertiary/aromatic N) is 4. The summed E-state index contributed by atoms with van der Waals surface area (Å²) in [6.45, 7) is 5.84. The fourth-order valence-electron chi connectivity index (χ4n) is 3.03. The normalized spacial score (nSPS) is 11.1. The molecule has 0 spiro atoms. The van der Waals surface area contributed by atoms with Crippen molar-refractivity contribution in [2.45, 2.75) is 33.4 Å². The highest BCUT2D eigenvalue weighted by Crippen LogP contribution is 2.15. The van der Waals surface area contributed by atoms with Gasteiger partial charge in [0.15, 0.2) is 0 Å². The van der Waals surface area contributed by atoms with Gasteiger partial charge in [-0.3, -0.25) is 14.2 Å². The molecule has 2 aromatic heterocycles. The number of carbonyl (C=O) groups excluding carboxylic acids is 1. The third kappa shape index (κ3) is 3.74. The summed E-state index contributed by atoms with van der Waals surface area (Å²) in [4.78, 5) is 32.3. The van der Waals surface area contributed by atoms with Gasteiger partial charge in [0, 0.05) is 37.4 Å². The van der Waals surface area contributed by atoms with E-state index in [4.69, 9.17) is 0 Å². The van der Waals surface area contributed by atoms with Crippen molar-refractivity contribution in [2.24, 2.45) is 7.05 Å². The van der Waals surface area contributed by atoms with Crippen LogP contribution in [0.5, 0.6) is 0 Å². The third-order valence-electron chi connectivity index (χ3n) is 4.74. The topological polar surface area (TPSA) is 60.1 Å². The number of carbonyl (C=O) groups is 1. The monoisotopic (exact) mass is 382 g/mol. The van der Waals surface area contributed by atoms with Gasteiger partial charge >= 0.3 is 0 Å². The maximum absolute atomic E-state index is 13.3. The molecule has 0 saturated carbocycles. The van der Waals surface area contributed by atoms with Gasteiger partial charge in [-0.05, 0) is 56.7 Å². The van der Waals surface area contributed by atoms with Gasteiger partial charge in [-0.25, -0.2) is 9.37 Å². The zero-order valence-corrected chi connectivity index (χ0v) is 16.4. The van der Waals surface area contributed by atoms with E-state index in [1.54, 1.807) is 30.3 Å². The third-order valence-corrected chi connectivity index (χ3v) is 4.74. The standard InChI is InChI=1S/C21H23FN4O2/c1-14(2)26(13-18-23-10-12-24(18)4)21(28)19-15(3)9-11-25(20(19)27)17-7-5-16(22)6-8-17/h5-12,14H,13H2,1-4H3. The van der Waals surface area contributed by atoms with Crippen molar-refractivity contribution in [3.05, 3.63) is 82.0 Å². The van der Waals surface area contributed by atoms with E-state index in [9.17, 15) is 14.0 Å². The number of hydrogen-bond acceptors (Lipinski definition) is 3. The Morgan fingerprint density at radius 3 is 2.43 bits per heavy atom. The van der Waals surface area contributed by atoms with Crippen LogP contribution in [-0.4, -0.2) is 31.0 Å². The van der Waals surface area contributed by atoms with Gasteiger partial charge < -0.3 is 9.47 Å². The summed E-state index contributed by atoms with van der Waals surface area (Å²) >= 11 is 0. The predicted octanol–water partition coefficient (Wildman–Crippen LogP) is 3.07. The molecule has 1 aromatic carbocycles. The second-order valence-corrected chi connectivity index (χ2v) is 7.01. The van der Waals surface area contributed by atoms with Crippen molar-refractivity contribution < 1.29 is 9.18 Å². The minimum atomic E-state index is -0.429. The molecule has 0 saturated heterocycles. The second kappa shape index (κ2) is 7.80. The minimum absolute atomic E-state index is 0.106. The van der Waals surface area contributed by atoms with Gasteiger partial charge in [-0.1, -0.05) is 0 Å². The molecular weight excluding hydrogens is 359 g/mol. The lowest BCUT2D eigenvalue weighted by atomic mass is 10.1. The molecule has 0 aliphatic rings. The first-order chi connectivity index (χ1) is 13.3. The van der Waals surface area contributed by atoms with E-state index >= 15 is 0 Å². The maximum Gasteiger partial charge on any atom is 0.268 e. The molecule has 0 unspecified atom stereocenters. The Labute approximate surface area is 162 Å². The van der Waals surface area contributed by atoms with Crippen molar-refractivity contribution in [2.75, 3.05) is 0 Å². The number of pyridine rings is 1. The van der Waals surface area contributed by atoms with E-state index in [2.05, 4.69) is 4.98 Å². The van der Waals surface area contributed by atoms with Gasteiger partial charge in [0.1, 0.15) is 17.2 Å². The highest BCUT2D eigenvalue weighted by Gasteiger charge is 2.25. The first-order valence-electron chi connectivity index (χ1n) is 9.05. The molecule has 0 radical (unpaired) electrons. The van der Waals surface area contributed by atoms with Crippen LogP contribution < -0.4 is 5.56 Å². The van der Waals surface area contributed by atoms with Crippen LogP contribution in [0.2, 0.25) is 0 Å². The molecule has 3 rings (SSSR count). The van der Waals surface area contributed by atoms with E-state index in [-0.39, 0.29) is 23.3 Å². The molecule has 28 heavy (non-hydrogen) atoms. The molecule has 0 aliphatic heterocycles. The molecule has 2 heterocycles. The molecule has 7 heteroatoms. The van der Waals surface area contributed by atoms with Gasteiger partial charge in [-0.2, -0.15) is 0 Å². The van der Waals surface area contributed by atoms with Crippen LogP contribution in [0.1, 0.15) is 35.6 Å². The number of imidazole rings is 1. The predicted molar refractivity (Wildman–Crippen MR) is 105 cm³/mol. The second-order valence-electron chi connectivity index (χ2n) is 7.01. The van der Waals surface area contributed by atoms with Crippen molar-refractivity contribution >= 4 is 5.91 Å². The van der Waals surface area contributed by atoms with Crippen LogP contribution in [0.15, 0.2) is 53.7 Å². The van der Waals surface area contributed by atoms with E-state index in [1.807, 2.05) is 31.7 Å². The van der Waals surface area contributed by atoms with Crippen LogP contribution in [-0.2, 0) is 13.6 Å². The Bertz CT molecular complexity index is 1050. The fraction of sp³-hybridized carbons (Fsp3) is 0.286. The Kier molecular flexibility index (Phi) is 5.44. The fourth-order valence-corrected chi connectivity index (χ4v) is 3.03. The summed E-state index contributed by atoms with van der Waals surface area (Å²) in [5.41, 5.74) is 0.774. The lowest BCUT2D eigenvalue weighted by Crippen LogP contribution is -2.41. The Morgan fingerprint density at radius 1 is 1.18 bits per heavy atom. The summed E-state index contributed by atoms with van der Waals surface area (Å²) in [6, 6.07) is 7.18. The molecule has 6 nitrogen and oxygen atoms in total. The molecule has 0 aliphatic carbocycles. The molecule has 146 valence electrons. The van der Waals surface area contributed by atoms with Crippen LogP contribution in [0.3, 0.4) is 0 Å². The number of amides is 1. The molecular formula is C21H23FN4O2. The number of aryl methyl sites for hydroxylation is 2. The summed E-state index contributed by atoms with van der Waals surface area (Å²) in [5.74, 6) is -0.00674. The molecule has 0 fully saturated rings. The maximum atomic E-state index is 13.3. The Hall–Kier alpha value is -3.22. The SMILES string of the molecule is Cc1ccn(-c2ccc(F)cc2)c(=O)c1C(=O)N(Cc1nccn1C)C(C)C. The smallest absolute Gasteiger partial charge is 0.268 e. The van der Waals surface area contributed by atoms with Crippen molar-refractivity contribution in [1.82, 2.24) is 19.0 Å². The lowest BCUT2D eigenvalue weighted by Gasteiger charge is -2.27. The highest BCUT2D eigenvalue weighted by atomic mass is 19.1. The van der Waals surface area contributed by atoms with Crippen LogP contribution in [0, 0.1) is 12.7 Å². The number of rotatable bonds is 5. The minimum Gasteiger partial charge on any atom is -0.337 e. The van der Waals surface area contributed by atoms with Gasteiger partial charge in [0.25, 0.3) is 11.5 Å². The van der Waals surface area contributed by atoms with Crippen molar-refractivity contribution in [3.63, 3.8) is 0 Å². The average Bonchev–Trinajstić information content (AvgIpc) is 3.05. The highest BCUT2D eigenvalue weighted by molar-refractivity contribution is 5.95. The van der Waals surface area contributed by atoms with Crippen molar-refractivity contribution in [3.8, 4) is 5.69 Å². The van der Waals surface area contributed by atoms with Crippen LogP contribution in [0.4, 0.5) is 4.39 Å². The molecule has 1 amide bonds. The average molecular weight is 382 g/mol. The summed E-state index contributed by atoms with van der Waals surface area (Å²) in [5, 5.41) is 0. The summed E-state index contributed by atoms with van der Waals surface area (Å²) < 4.78 is 16.4. The van der Waals surface area contributed by atoms with Crippen LogP contribution in [0.25, 0.3) is 5.69 Å².